The molecule has 2 rings (SSSR count). The summed E-state index contributed by atoms with van der Waals surface area (Å²) in [6.45, 7) is 0.298. The van der Waals surface area contributed by atoms with Gasteiger partial charge in [0.2, 0.25) is 0 Å². The van der Waals surface area contributed by atoms with Crippen molar-refractivity contribution >= 4 is 23.3 Å². The van der Waals surface area contributed by atoms with Crippen LogP contribution >= 0.6 is 11.6 Å². The first kappa shape index (κ1) is 15.8. The summed E-state index contributed by atoms with van der Waals surface area (Å²) in [6, 6.07) is 3.79. The van der Waals surface area contributed by atoms with Gasteiger partial charge in [0.15, 0.2) is 0 Å². The van der Waals surface area contributed by atoms with Gasteiger partial charge in [-0.3, -0.25) is 0 Å². The molecule has 1 saturated heterocycles. The predicted molar refractivity (Wildman–Crippen MR) is 74.1 cm³/mol. The third-order valence-electron chi connectivity index (χ3n) is 3.03. The number of ether oxygens (including phenoxy) is 2. The van der Waals surface area contributed by atoms with Crippen LogP contribution in [0.15, 0.2) is 18.2 Å². The van der Waals surface area contributed by atoms with E-state index in [0.29, 0.717) is 25.4 Å². The van der Waals surface area contributed by atoms with E-state index in [0.717, 1.165) is 0 Å². The maximum atomic E-state index is 12.2. The van der Waals surface area contributed by atoms with Gasteiger partial charge in [-0.2, -0.15) is 8.78 Å². The van der Waals surface area contributed by atoms with Crippen molar-refractivity contribution in [1.29, 1.82) is 0 Å². The van der Waals surface area contributed by atoms with Gasteiger partial charge < -0.3 is 19.7 Å². The minimum atomic E-state index is -2.98. The number of carbonyl (C=O) groups excluding carboxylic acids is 1. The fourth-order valence-electron chi connectivity index (χ4n) is 1.99. The number of hydrogen-bond donors (Lipinski definition) is 1. The summed E-state index contributed by atoms with van der Waals surface area (Å²) in [5.74, 6) is -0.181. The minimum Gasteiger partial charge on any atom is -0.433 e. The predicted octanol–water partition coefficient (Wildman–Crippen LogP) is 3.19. The molecule has 1 aliphatic rings. The van der Waals surface area contributed by atoms with E-state index >= 15 is 0 Å². The summed E-state index contributed by atoms with van der Waals surface area (Å²) in [5, 5.41) is 2.68. The van der Waals surface area contributed by atoms with E-state index in [2.05, 4.69) is 10.1 Å². The number of benzene rings is 1. The lowest BCUT2D eigenvalue weighted by Gasteiger charge is -2.33. The summed E-state index contributed by atoms with van der Waals surface area (Å²) in [5.41, 5.74) is 0.332. The van der Waals surface area contributed by atoms with Crippen LogP contribution in [0, 0.1) is 0 Å². The fourth-order valence-corrected chi connectivity index (χ4v) is 2.15. The van der Waals surface area contributed by atoms with Crippen molar-refractivity contribution in [2.45, 2.75) is 19.6 Å². The molecule has 1 N–H and O–H groups in total. The van der Waals surface area contributed by atoms with Crippen LogP contribution in [0.3, 0.4) is 0 Å². The molecule has 0 radical (unpaired) electrons. The van der Waals surface area contributed by atoms with Crippen LogP contribution in [0.5, 0.6) is 5.75 Å². The lowest BCUT2D eigenvalue weighted by atomic mass is 10.2. The van der Waals surface area contributed by atoms with Crippen molar-refractivity contribution in [2.75, 3.05) is 25.1 Å². The van der Waals surface area contributed by atoms with Gasteiger partial charge in [-0.05, 0) is 19.1 Å². The molecule has 1 atom stereocenters. The van der Waals surface area contributed by atoms with Crippen molar-refractivity contribution in [3.8, 4) is 5.75 Å². The van der Waals surface area contributed by atoms with E-state index in [1.807, 2.05) is 6.92 Å². The Morgan fingerprint density at radius 1 is 1.57 bits per heavy atom. The molecule has 0 spiro atoms. The molecule has 0 aliphatic carbocycles. The highest BCUT2D eigenvalue weighted by molar-refractivity contribution is 6.32. The molecule has 1 fully saturated rings. The normalized spacial score (nSPS) is 18.7. The first-order valence-electron chi connectivity index (χ1n) is 6.37. The summed E-state index contributed by atoms with van der Waals surface area (Å²) >= 11 is 5.75. The zero-order chi connectivity index (χ0) is 15.4. The number of alkyl halides is 2. The van der Waals surface area contributed by atoms with E-state index in [1.165, 1.54) is 18.2 Å². The summed E-state index contributed by atoms with van der Waals surface area (Å²) in [6.07, 6.45) is 0. The van der Waals surface area contributed by atoms with E-state index in [9.17, 15) is 13.6 Å². The second kappa shape index (κ2) is 6.91. The molecule has 1 aromatic carbocycles. The van der Waals surface area contributed by atoms with Crippen LogP contribution < -0.4 is 10.1 Å². The first-order chi connectivity index (χ1) is 9.97. The lowest BCUT2D eigenvalue weighted by Crippen LogP contribution is -2.48. The Morgan fingerprint density at radius 2 is 2.33 bits per heavy atom. The molecule has 1 aliphatic heterocycles. The average molecular weight is 321 g/mol. The summed E-state index contributed by atoms with van der Waals surface area (Å²) in [7, 11) is 0. The Hall–Kier alpha value is -1.60. The number of nitrogens with zero attached hydrogens (tertiary/aromatic N) is 1. The monoisotopic (exact) mass is 320 g/mol. The maximum absolute atomic E-state index is 12.2. The van der Waals surface area contributed by atoms with Crippen molar-refractivity contribution in [1.82, 2.24) is 4.90 Å². The number of carbonyl (C=O) groups is 1. The number of urea groups is 1. The minimum absolute atomic E-state index is 0.0491. The Kier molecular flexibility index (Phi) is 5.19. The lowest BCUT2D eigenvalue weighted by molar-refractivity contribution is -0.0497. The van der Waals surface area contributed by atoms with Crippen molar-refractivity contribution in [3.05, 3.63) is 23.2 Å². The van der Waals surface area contributed by atoms with Gasteiger partial charge in [-0.25, -0.2) is 4.79 Å². The molecular formula is C13H15ClF2N2O3. The van der Waals surface area contributed by atoms with Crippen LogP contribution in [0.2, 0.25) is 5.02 Å². The molecule has 2 amide bonds. The Labute approximate surface area is 125 Å². The van der Waals surface area contributed by atoms with E-state index < -0.39 is 6.61 Å². The van der Waals surface area contributed by atoms with Gasteiger partial charge >= 0.3 is 12.6 Å². The van der Waals surface area contributed by atoms with E-state index in [4.69, 9.17) is 16.3 Å². The number of morpholine rings is 1. The molecule has 1 heterocycles. The standard InChI is InChI=1S/C13H15ClF2N2O3/c1-8-7-20-5-4-18(8)13(19)17-9-2-3-10(14)11(6-9)21-12(15)16/h2-3,6,8,12H,4-5,7H2,1H3,(H,17,19)/t8-/m0/s1. The van der Waals surface area contributed by atoms with E-state index in [1.54, 1.807) is 4.90 Å². The third-order valence-corrected chi connectivity index (χ3v) is 3.34. The third kappa shape index (κ3) is 4.18. The zero-order valence-corrected chi connectivity index (χ0v) is 12.1. The first-order valence-corrected chi connectivity index (χ1v) is 6.75. The van der Waals surface area contributed by atoms with Crippen LogP contribution in [-0.2, 0) is 4.74 Å². The van der Waals surface area contributed by atoms with Gasteiger partial charge in [-0.1, -0.05) is 11.6 Å². The van der Waals surface area contributed by atoms with Crippen LogP contribution in [-0.4, -0.2) is 43.3 Å². The van der Waals surface area contributed by atoms with Crippen LogP contribution in [0.25, 0.3) is 0 Å². The van der Waals surface area contributed by atoms with Gasteiger partial charge in [0.25, 0.3) is 0 Å². The fraction of sp³-hybridized carbons (Fsp3) is 0.462. The van der Waals surface area contributed by atoms with Crippen molar-refractivity contribution < 1.29 is 23.0 Å². The number of rotatable bonds is 3. The number of hydrogen-bond acceptors (Lipinski definition) is 3. The molecule has 21 heavy (non-hydrogen) atoms. The largest absolute Gasteiger partial charge is 0.433 e. The molecular weight excluding hydrogens is 306 g/mol. The van der Waals surface area contributed by atoms with Crippen molar-refractivity contribution in [2.24, 2.45) is 0 Å². The number of nitrogens with one attached hydrogen (secondary N) is 1. The second-order valence-corrected chi connectivity index (χ2v) is 4.98. The Morgan fingerprint density at radius 3 is 3.00 bits per heavy atom. The highest BCUT2D eigenvalue weighted by Gasteiger charge is 2.24. The molecule has 116 valence electrons. The quantitative estimate of drug-likeness (QED) is 0.930. The summed E-state index contributed by atoms with van der Waals surface area (Å²) in [4.78, 5) is 13.8. The van der Waals surface area contributed by atoms with Gasteiger partial charge in [-0.15, -0.1) is 0 Å². The van der Waals surface area contributed by atoms with Crippen LogP contribution in [0.4, 0.5) is 19.3 Å². The second-order valence-electron chi connectivity index (χ2n) is 4.57. The average Bonchev–Trinajstić information content (AvgIpc) is 2.42. The molecule has 1 aromatic rings. The maximum Gasteiger partial charge on any atom is 0.387 e. The topological polar surface area (TPSA) is 50.8 Å². The van der Waals surface area contributed by atoms with Gasteiger partial charge in [0.05, 0.1) is 24.3 Å². The van der Waals surface area contributed by atoms with Crippen molar-refractivity contribution in [3.63, 3.8) is 0 Å². The Bertz CT molecular complexity index is 516. The highest BCUT2D eigenvalue weighted by atomic mass is 35.5. The zero-order valence-electron chi connectivity index (χ0n) is 11.3. The number of halogens is 3. The van der Waals surface area contributed by atoms with E-state index in [-0.39, 0.29) is 22.8 Å². The van der Waals surface area contributed by atoms with Gasteiger partial charge in [0, 0.05) is 18.3 Å². The molecule has 8 heteroatoms. The molecule has 5 nitrogen and oxygen atoms in total. The Balaban J connectivity index is 2.06. The highest BCUT2D eigenvalue weighted by Crippen LogP contribution is 2.29. The van der Waals surface area contributed by atoms with Crippen LogP contribution in [0.1, 0.15) is 6.92 Å². The number of amides is 2. The number of anilines is 1. The molecule has 0 bridgehead atoms. The molecule has 0 saturated carbocycles. The SMILES string of the molecule is C[C@H]1COCCN1C(=O)Nc1ccc(Cl)c(OC(F)F)c1. The molecule has 0 unspecified atom stereocenters. The smallest absolute Gasteiger partial charge is 0.387 e. The summed E-state index contributed by atoms with van der Waals surface area (Å²) < 4.78 is 34.0. The molecule has 0 aromatic heterocycles. The van der Waals surface area contributed by atoms with Gasteiger partial charge in [0.1, 0.15) is 5.75 Å².